The van der Waals surface area contributed by atoms with Crippen molar-refractivity contribution in [3.05, 3.63) is 89.4 Å². The molecule has 0 unspecified atom stereocenters. The summed E-state index contributed by atoms with van der Waals surface area (Å²) in [6.45, 7) is 0. The number of rotatable bonds is 4. The van der Waals surface area contributed by atoms with Crippen LogP contribution in [-0.2, 0) is 4.74 Å². The highest BCUT2D eigenvalue weighted by atomic mass is 35.5. The van der Waals surface area contributed by atoms with Crippen molar-refractivity contribution in [2.75, 3.05) is 4.90 Å². The lowest BCUT2D eigenvalue weighted by Gasteiger charge is -2.25. The second-order valence-corrected chi connectivity index (χ2v) is 7.60. The number of ether oxygens (including phenoxy) is 2. The third-order valence-electron chi connectivity index (χ3n) is 5.27. The molecule has 1 saturated heterocycles. The number of carbonyl (C=O) groups is 1. The van der Waals surface area contributed by atoms with Gasteiger partial charge in [-0.1, -0.05) is 41.9 Å². The molecule has 140 valence electrons. The van der Waals surface area contributed by atoms with Gasteiger partial charge in [0.25, 0.3) is 0 Å². The zero-order valence-electron chi connectivity index (χ0n) is 15.0. The molecule has 3 aromatic carbocycles. The van der Waals surface area contributed by atoms with Crippen molar-refractivity contribution in [3.63, 3.8) is 0 Å². The van der Waals surface area contributed by atoms with Crippen LogP contribution in [0, 0.1) is 0 Å². The maximum absolute atomic E-state index is 12.7. The molecule has 1 atom stereocenters. The topological polar surface area (TPSA) is 38.8 Å². The van der Waals surface area contributed by atoms with E-state index in [0.29, 0.717) is 16.5 Å². The summed E-state index contributed by atoms with van der Waals surface area (Å²) in [6, 6.07) is 24.7. The quantitative estimate of drug-likeness (QED) is 0.519. The van der Waals surface area contributed by atoms with Crippen molar-refractivity contribution in [2.24, 2.45) is 0 Å². The minimum Gasteiger partial charge on any atom is -0.457 e. The van der Waals surface area contributed by atoms with Crippen molar-refractivity contribution in [2.45, 2.75) is 24.5 Å². The molecule has 1 saturated carbocycles. The van der Waals surface area contributed by atoms with Crippen LogP contribution in [0.5, 0.6) is 11.5 Å². The molecule has 0 bridgehead atoms. The standard InChI is InChI=1S/C23H18ClNO3/c24-17-6-10-19(11-7-17)27-20-12-8-18(9-13-20)25-21(16-4-2-1-3-5-16)23(14-15-23)28-22(25)26/h1-13,21H,14-15H2/t21-/m0/s1. The van der Waals surface area contributed by atoms with Crippen molar-refractivity contribution < 1.29 is 14.3 Å². The van der Waals surface area contributed by atoms with Gasteiger partial charge in [0.15, 0.2) is 0 Å². The van der Waals surface area contributed by atoms with E-state index in [9.17, 15) is 4.79 Å². The summed E-state index contributed by atoms with van der Waals surface area (Å²) in [6.07, 6.45) is 1.50. The van der Waals surface area contributed by atoms with Crippen molar-refractivity contribution in [3.8, 4) is 11.5 Å². The maximum Gasteiger partial charge on any atom is 0.415 e. The van der Waals surface area contributed by atoms with Gasteiger partial charge in [0.2, 0.25) is 0 Å². The van der Waals surface area contributed by atoms with E-state index in [1.54, 1.807) is 17.0 Å². The van der Waals surface area contributed by atoms with Crippen LogP contribution in [-0.4, -0.2) is 11.7 Å². The number of anilines is 1. The molecule has 4 nitrogen and oxygen atoms in total. The van der Waals surface area contributed by atoms with Crippen LogP contribution in [0.15, 0.2) is 78.9 Å². The Morgan fingerprint density at radius 2 is 1.50 bits per heavy atom. The number of hydrogen-bond acceptors (Lipinski definition) is 3. The highest BCUT2D eigenvalue weighted by Gasteiger charge is 2.62. The van der Waals surface area contributed by atoms with Crippen molar-refractivity contribution in [1.82, 2.24) is 0 Å². The average molecular weight is 392 g/mol. The molecule has 1 aliphatic carbocycles. The number of amides is 1. The van der Waals surface area contributed by atoms with Gasteiger partial charge in [-0.2, -0.15) is 0 Å². The Hall–Kier alpha value is -2.98. The molecule has 2 fully saturated rings. The zero-order valence-corrected chi connectivity index (χ0v) is 15.8. The molecule has 1 heterocycles. The largest absolute Gasteiger partial charge is 0.457 e. The number of nitrogens with zero attached hydrogens (tertiary/aromatic N) is 1. The SMILES string of the molecule is O=C1OC2(CC2)[C@H](c2ccccc2)N1c1ccc(Oc2ccc(Cl)cc2)cc1. The lowest BCUT2D eigenvalue weighted by molar-refractivity contribution is 0.117. The van der Waals surface area contributed by atoms with E-state index in [-0.39, 0.29) is 12.1 Å². The van der Waals surface area contributed by atoms with Crippen molar-refractivity contribution >= 4 is 23.4 Å². The minimum atomic E-state index is -0.392. The van der Waals surface area contributed by atoms with E-state index in [0.717, 1.165) is 24.1 Å². The van der Waals surface area contributed by atoms with Crippen LogP contribution in [0.3, 0.4) is 0 Å². The fourth-order valence-electron chi connectivity index (χ4n) is 3.77. The van der Waals surface area contributed by atoms with E-state index in [1.165, 1.54) is 0 Å². The maximum atomic E-state index is 12.7. The Bertz CT molecular complexity index is 998. The van der Waals surface area contributed by atoms with Gasteiger partial charge in [-0.25, -0.2) is 4.79 Å². The van der Waals surface area contributed by atoms with Gasteiger partial charge >= 0.3 is 6.09 Å². The van der Waals surface area contributed by atoms with Gasteiger partial charge in [-0.3, -0.25) is 4.90 Å². The predicted octanol–water partition coefficient (Wildman–Crippen LogP) is 6.36. The Morgan fingerprint density at radius 3 is 2.11 bits per heavy atom. The molecule has 5 heteroatoms. The Balaban J connectivity index is 1.43. The number of benzene rings is 3. The first kappa shape index (κ1) is 17.1. The first-order valence-electron chi connectivity index (χ1n) is 9.25. The molecule has 0 N–H and O–H groups in total. The molecule has 28 heavy (non-hydrogen) atoms. The van der Waals surface area contributed by atoms with Crippen LogP contribution in [0.25, 0.3) is 0 Å². The van der Waals surface area contributed by atoms with E-state index >= 15 is 0 Å². The minimum absolute atomic E-state index is 0.107. The van der Waals surface area contributed by atoms with Gasteiger partial charge in [0.1, 0.15) is 23.1 Å². The summed E-state index contributed by atoms with van der Waals surface area (Å²) in [4.78, 5) is 14.4. The summed E-state index contributed by atoms with van der Waals surface area (Å²) in [5.74, 6) is 1.40. The second-order valence-electron chi connectivity index (χ2n) is 7.17. The van der Waals surface area contributed by atoms with E-state index in [1.807, 2.05) is 54.6 Å². The summed E-state index contributed by atoms with van der Waals surface area (Å²) in [7, 11) is 0. The smallest absolute Gasteiger partial charge is 0.415 e. The molecule has 5 rings (SSSR count). The molecule has 2 aliphatic rings. The van der Waals surface area contributed by atoms with Crippen LogP contribution < -0.4 is 9.64 Å². The summed E-state index contributed by atoms with van der Waals surface area (Å²) < 4.78 is 11.6. The van der Waals surface area contributed by atoms with Crippen molar-refractivity contribution in [1.29, 1.82) is 0 Å². The fourth-order valence-corrected chi connectivity index (χ4v) is 3.90. The monoisotopic (exact) mass is 391 g/mol. The van der Waals surface area contributed by atoms with Gasteiger partial charge in [0.05, 0.1) is 0 Å². The first-order valence-corrected chi connectivity index (χ1v) is 9.63. The second kappa shape index (κ2) is 6.57. The molecule has 3 aromatic rings. The Labute approximate surface area is 168 Å². The average Bonchev–Trinajstić information content (AvgIpc) is 3.42. The summed E-state index contributed by atoms with van der Waals surface area (Å²) in [5.41, 5.74) is 1.50. The van der Waals surface area contributed by atoms with E-state index in [4.69, 9.17) is 21.1 Å². The lowest BCUT2D eigenvalue weighted by atomic mass is 9.98. The molecule has 1 spiro atoms. The molecule has 0 radical (unpaired) electrons. The van der Waals surface area contributed by atoms with Gasteiger partial charge < -0.3 is 9.47 Å². The fraction of sp³-hybridized carbons (Fsp3) is 0.174. The van der Waals surface area contributed by atoms with E-state index in [2.05, 4.69) is 12.1 Å². The first-order chi connectivity index (χ1) is 13.6. The number of carbonyl (C=O) groups excluding carboxylic acids is 1. The van der Waals surface area contributed by atoms with E-state index < -0.39 is 5.60 Å². The Kier molecular flexibility index (Phi) is 4.02. The summed E-state index contributed by atoms with van der Waals surface area (Å²) in [5, 5.41) is 0.663. The Morgan fingerprint density at radius 1 is 0.893 bits per heavy atom. The molecular formula is C23H18ClNO3. The normalized spacial score (nSPS) is 19.5. The van der Waals surface area contributed by atoms with Crippen LogP contribution in [0.4, 0.5) is 10.5 Å². The molecular weight excluding hydrogens is 374 g/mol. The summed E-state index contributed by atoms with van der Waals surface area (Å²) >= 11 is 5.91. The predicted molar refractivity (Wildman–Crippen MR) is 108 cm³/mol. The van der Waals surface area contributed by atoms with Gasteiger partial charge in [-0.05, 0) is 66.9 Å². The number of hydrogen-bond donors (Lipinski definition) is 0. The zero-order chi connectivity index (χ0) is 19.1. The highest BCUT2D eigenvalue weighted by Crippen LogP contribution is 2.57. The van der Waals surface area contributed by atoms with Crippen LogP contribution >= 0.6 is 11.6 Å². The van der Waals surface area contributed by atoms with Gasteiger partial charge in [0, 0.05) is 10.7 Å². The lowest BCUT2D eigenvalue weighted by Crippen LogP contribution is -2.30. The third kappa shape index (κ3) is 3.00. The van der Waals surface area contributed by atoms with Gasteiger partial charge in [-0.15, -0.1) is 0 Å². The molecule has 0 aromatic heterocycles. The third-order valence-corrected chi connectivity index (χ3v) is 5.52. The number of halogens is 1. The van der Waals surface area contributed by atoms with Crippen LogP contribution in [0.1, 0.15) is 24.4 Å². The van der Waals surface area contributed by atoms with Crippen LogP contribution in [0.2, 0.25) is 5.02 Å². The molecule has 1 amide bonds. The molecule has 1 aliphatic heterocycles. The highest BCUT2D eigenvalue weighted by molar-refractivity contribution is 6.30.